The fourth-order valence-corrected chi connectivity index (χ4v) is 4.17. The van der Waals surface area contributed by atoms with Crippen molar-refractivity contribution in [2.75, 3.05) is 21.9 Å². The summed E-state index contributed by atoms with van der Waals surface area (Å²) < 4.78 is 26.5. The average Bonchev–Trinajstić information content (AvgIpc) is 2.55. The van der Waals surface area contributed by atoms with E-state index in [1.54, 1.807) is 24.3 Å². The van der Waals surface area contributed by atoms with Crippen LogP contribution in [0.3, 0.4) is 0 Å². The third-order valence-corrected chi connectivity index (χ3v) is 5.58. The van der Waals surface area contributed by atoms with E-state index in [0.717, 1.165) is 5.56 Å². The monoisotopic (exact) mass is 330 g/mol. The maximum Gasteiger partial charge on any atom is 0.245 e. The lowest BCUT2D eigenvalue weighted by Gasteiger charge is -2.30. The topological polar surface area (TPSA) is 66.5 Å². The van der Waals surface area contributed by atoms with E-state index < -0.39 is 10.0 Å². The van der Waals surface area contributed by atoms with E-state index in [9.17, 15) is 13.2 Å². The number of amides is 1. The van der Waals surface area contributed by atoms with E-state index >= 15 is 0 Å². The molecule has 1 aliphatic heterocycles. The molecule has 2 aromatic carbocycles. The van der Waals surface area contributed by atoms with Gasteiger partial charge < -0.3 is 5.32 Å². The van der Waals surface area contributed by atoms with Crippen molar-refractivity contribution in [3.8, 4) is 0 Å². The summed E-state index contributed by atoms with van der Waals surface area (Å²) in [6.07, 6.45) is 1.22. The predicted octanol–water partition coefficient (Wildman–Crippen LogP) is 2.41. The molecule has 0 spiro atoms. The van der Waals surface area contributed by atoms with Crippen molar-refractivity contribution in [2.45, 2.75) is 12.8 Å². The van der Waals surface area contributed by atoms with E-state index in [4.69, 9.17) is 0 Å². The first kappa shape index (κ1) is 15.6. The molecule has 6 heteroatoms. The van der Waals surface area contributed by atoms with Gasteiger partial charge >= 0.3 is 0 Å². The number of aryl methyl sites for hydroxylation is 1. The zero-order valence-electron chi connectivity index (χ0n) is 12.6. The van der Waals surface area contributed by atoms with Gasteiger partial charge in [0, 0.05) is 0 Å². The Balaban J connectivity index is 1.73. The van der Waals surface area contributed by atoms with Crippen molar-refractivity contribution in [2.24, 2.45) is 0 Å². The van der Waals surface area contributed by atoms with Crippen LogP contribution in [0, 0.1) is 0 Å². The van der Waals surface area contributed by atoms with Crippen molar-refractivity contribution in [3.05, 3.63) is 60.2 Å². The van der Waals surface area contributed by atoms with Crippen LogP contribution in [0.5, 0.6) is 0 Å². The Morgan fingerprint density at radius 2 is 1.70 bits per heavy atom. The number of hydrogen-bond acceptors (Lipinski definition) is 3. The second-order valence-corrected chi connectivity index (χ2v) is 7.49. The van der Waals surface area contributed by atoms with Crippen LogP contribution < -0.4 is 9.62 Å². The molecule has 1 N–H and O–H groups in total. The van der Waals surface area contributed by atoms with Crippen LogP contribution in [0.25, 0.3) is 0 Å². The van der Waals surface area contributed by atoms with Gasteiger partial charge in [0.05, 0.1) is 17.1 Å². The molecule has 0 radical (unpaired) electrons. The summed E-state index contributed by atoms with van der Waals surface area (Å²) in [6.45, 7) is -0.162. The highest BCUT2D eigenvalue weighted by Crippen LogP contribution is 2.31. The van der Waals surface area contributed by atoms with Crippen molar-refractivity contribution in [1.29, 1.82) is 0 Å². The molecular weight excluding hydrogens is 312 g/mol. The number of para-hydroxylation sites is 2. The van der Waals surface area contributed by atoms with Crippen molar-refractivity contribution in [1.82, 2.24) is 0 Å². The van der Waals surface area contributed by atoms with E-state index in [1.807, 2.05) is 30.3 Å². The highest BCUT2D eigenvalue weighted by Gasteiger charge is 2.30. The molecule has 0 bridgehead atoms. The van der Waals surface area contributed by atoms with Gasteiger partial charge in [0.25, 0.3) is 0 Å². The van der Waals surface area contributed by atoms with Crippen LogP contribution in [-0.4, -0.2) is 26.6 Å². The molecule has 0 unspecified atom stereocenters. The number of anilines is 2. The standard InChI is InChI=1S/C17H18N2O3S/c20-17-13-19(16-11-5-4-10-15(16)18-17)23(21,22)12-6-9-14-7-2-1-3-8-14/h1-5,7-8,10-11H,6,9,12-13H2,(H,18,20). The summed E-state index contributed by atoms with van der Waals surface area (Å²) >= 11 is 0. The molecule has 0 saturated heterocycles. The Morgan fingerprint density at radius 3 is 2.48 bits per heavy atom. The first-order chi connectivity index (χ1) is 11.1. The summed E-state index contributed by atoms with van der Waals surface area (Å²) in [4.78, 5) is 11.8. The summed E-state index contributed by atoms with van der Waals surface area (Å²) in [5, 5.41) is 2.70. The van der Waals surface area contributed by atoms with Gasteiger partial charge in [-0.1, -0.05) is 42.5 Å². The zero-order chi connectivity index (χ0) is 16.3. The summed E-state index contributed by atoms with van der Waals surface area (Å²) in [7, 11) is -3.53. The van der Waals surface area contributed by atoms with Gasteiger partial charge in [-0.3, -0.25) is 9.10 Å². The number of carbonyl (C=O) groups is 1. The molecule has 2 aromatic rings. The molecule has 120 valence electrons. The van der Waals surface area contributed by atoms with E-state index in [2.05, 4.69) is 5.32 Å². The van der Waals surface area contributed by atoms with Crippen LogP contribution in [0.15, 0.2) is 54.6 Å². The number of carbonyl (C=O) groups excluding carboxylic acids is 1. The van der Waals surface area contributed by atoms with Crippen LogP contribution >= 0.6 is 0 Å². The molecule has 1 amide bonds. The molecule has 0 aromatic heterocycles. The lowest BCUT2D eigenvalue weighted by atomic mass is 10.1. The summed E-state index contributed by atoms with van der Waals surface area (Å²) in [5.74, 6) is -0.293. The van der Waals surface area contributed by atoms with Crippen molar-refractivity contribution >= 4 is 27.3 Å². The molecule has 0 aliphatic carbocycles. The van der Waals surface area contributed by atoms with Gasteiger partial charge in [0.1, 0.15) is 6.54 Å². The van der Waals surface area contributed by atoms with Crippen molar-refractivity contribution < 1.29 is 13.2 Å². The van der Waals surface area contributed by atoms with Gasteiger partial charge in [-0.25, -0.2) is 8.42 Å². The molecule has 0 saturated carbocycles. The third kappa shape index (κ3) is 3.53. The zero-order valence-corrected chi connectivity index (χ0v) is 13.4. The summed E-state index contributed by atoms with van der Waals surface area (Å²) in [6, 6.07) is 16.7. The largest absolute Gasteiger partial charge is 0.323 e. The number of nitrogens with one attached hydrogen (secondary N) is 1. The van der Waals surface area contributed by atoms with Gasteiger partial charge in [-0.2, -0.15) is 0 Å². The van der Waals surface area contributed by atoms with Crippen LogP contribution in [-0.2, 0) is 21.2 Å². The smallest absolute Gasteiger partial charge is 0.245 e. The number of fused-ring (bicyclic) bond motifs is 1. The number of nitrogens with zero attached hydrogens (tertiary/aromatic N) is 1. The van der Waals surface area contributed by atoms with E-state index in [-0.39, 0.29) is 18.2 Å². The Labute approximate surface area is 136 Å². The molecular formula is C17H18N2O3S. The van der Waals surface area contributed by atoms with Gasteiger partial charge in [0.2, 0.25) is 15.9 Å². The molecule has 0 atom stereocenters. The molecule has 23 heavy (non-hydrogen) atoms. The lowest BCUT2D eigenvalue weighted by Crippen LogP contribution is -2.43. The quantitative estimate of drug-likeness (QED) is 0.915. The normalized spacial score (nSPS) is 14.3. The number of sulfonamides is 1. The fraction of sp³-hybridized carbons (Fsp3) is 0.235. The first-order valence-corrected chi connectivity index (χ1v) is 9.10. The van der Waals surface area contributed by atoms with E-state index in [0.29, 0.717) is 24.2 Å². The van der Waals surface area contributed by atoms with Gasteiger partial charge in [-0.05, 0) is 30.5 Å². The van der Waals surface area contributed by atoms with Crippen LogP contribution in [0.4, 0.5) is 11.4 Å². The Bertz CT molecular complexity index is 804. The molecule has 1 heterocycles. The maximum atomic E-state index is 12.6. The average molecular weight is 330 g/mol. The molecule has 0 fully saturated rings. The Hall–Kier alpha value is -2.34. The number of hydrogen-bond donors (Lipinski definition) is 1. The fourth-order valence-electron chi connectivity index (χ4n) is 2.66. The van der Waals surface area contributed by atoms with E-state index in [1.165, 1.54) is 4.31 Å². The number of rotatable bonds is 5. The minimum Gasteiger partial charge on any atom is -0.323 e. The third-order valence-electron chi connectivity index (χ3n) is 3.78. The second-order valence-electron chi connectivity index (χ2n) is 5.48. The second kappa shape index (κ2) is 6.42. The maximum absolute atomic E-state index is 12.6. The highest BCUT2D eigenvalue weighted by molar-refractivity contribution is 7.92. The lowest BCUT2D eigenvalue weighted by molar-refractivity contribution is -0.115. The van der Waals surface area contributed by atoms with Crippen molar-refractivity contribution in [3.63, 3.8) is 0 Å². The SMILES string of the molecule is O=C1CN(S(=O)(=O)CCCc2ccccc2)c2ccccc2N1. The van der Waals surface area contributed by atoms with Crippen LogP contribution in [0.2, 0.25) is 0 Å². The number of benzene rings is 2. The molecule has 1 aliphatic rings. The molecule has 5 nitrogen and oxygen atoms in total. The first-order valence-electron chi connectivity index (χ1n) is 7.49. The molecule has 3 rings (SSSR count). The Kier molecular flexibility index (Phi) is 4.34. The minimum absolute atomic E-state index is 0.0174. The summed E-state index contributed by atoms with van der Waals surface area (Å²) in [5.41, 5.74) is 2.18. The minimum atomic E-state index is -3.53. The highest BCUT2D eigenvalue weighted by atomic mass is 32.2. The van der Waals surface area contributed by atoms with Crippen LogP contribution in [0.1, 0.15) is 12.0 Å². The van der Waals surface area contributed by atoms with Gasteiger partial charge in [0.15, 0.2) is 0 Å². The van der Waals surface area contributed by atoms with Gasteiger partial charge in [-0.15, -0.1) is 0 Å². The Morgan fingerprint density at radius 1 is 1.00 bits per heavy atom. The predicted molar refractivity (Wildman–Crippen MR) is 91.0 cm³/mol.